The van der Waals surface area contributed by atoms with E-state index >= 15 is 0 Å². The van der Waals surface area contributed by atoms with E-state index in [2.05, 4.69) is 24.6 Å². The smallest absolute Gasteiger partial charge is 0.267 e. The molecule has 4 N–H and O–H groups in total. The molecule has 1 rings (SSSR count). The first-order valence-electron chi connectivity index (χ1n) is 5.40. The molecule has 0 radical (unpaired) electrons. The predicted octanol–water partition coefficient (Wildman–Crippen LogP) is 1.67. The third-order valence-corrected chi connectivity index (χ3v) is 2.25. The molecule has 1 amide bonds. The van der Waals surface area contributed by atoms with Crippen molar-refractivity contribution in [3.63, 3.8) is 0 Å². The summed E-state index contributed by atoms with van der Waals surface area (Å²) in [4.78, 5) is 11.6. The van der Waals surface area contributed by atoms with E-state index < -0.39 is 0 Å². The Morgan fingerprint density at radius 1 is 1.44 bits per heavy atom. The van der Waals surface area contributed by atoms with Crippen LogP contribution in [0.4, 0.5) is 5.69 Å². The average Bonchev–Trinajstić information content (AvgIpc) is 2.26. The van der Waals surface area contributed by atoms with Crippen LogP contribution in [-0.4, -0.2) is 12.5 Å². The van der Waals surface area contributed by atoms with E-state index in [0.717, 1.165) is 17.8 Å². The van der Waals surface area contributed by atoms with E-state index in [1.165, 1.54) is 0 Å². The molecular formula is C12H19N3O. The fourth-order valence-electron chi connectivity index (χ4n) is 1.39. The largest absolute Gasteiger partial charge is 0.384 e. The van der Waals surface area contributed by atoms with E-state index in [0.29, 0.717) is 11.5 Å². The van der Waals surface area contributed by atoms with Gasteiger partial charge in [-0.2, -0.15) is 0 Å². The van der Waals surface area contributed by atoms with Crippen LogP contribution in [0.1, 0.15) is 29.8 Å². The maximum absolute atomic E-state index is 11.6. The van der Waals surface area contributed by atoms with E-state index in [4.69, 9.17) is 5.84 Å². The van der Waals surface area contributed by atoms with Crippen molar-refractivity contribution in [3.8, 4) is 0 Å². The third-order valence-electron chi connectivity index (χ3n) is 2.25. The molecule has 0 fully saturated rings. The van der Waals surface area contributed by atoms with Crippen molar-refractivity contribution in [2.24, 2.45) is 11.8 Å². The molecule has 0 bridgehead atoms. The van der Waals surface area contributed by atoms with Crippen LogP contribution < -0.4 is 16.6 Å². The number of aryl methyl sites for hydroxylation is 1. The van der Waals surface area contributed by atoms with Gasteiger partial charge in [0.25, 0.3) is 5.91 Å². The lowest BCUT2D eigenvalue weighted by atomic mass is 10.1. The lowest BCUT2D eigenvalue weighted by Gasteiger charge is -2.13. The van der Waals surface area contributed by atoms with E-state index in [-0.39, 0.29) is 5.91 Å². The number of anilines is 1. The molecule has 4 heteroatoms. The number of nitrogens with two attached hydrogens (primary N) is 1. The van der Waals surface area contributed by atoms with Crippen LogP contribution >= 0.6 is 0 Å². The lowest BCUT2D eigenvalue weighted by Crippen LogP contribution is -2.30. The second-order valence-corrected chi connectivity index (χ2v) is 4.30. The van der Waals surface area contributed by atoms with Gasteiger partial charge in [-0.15, -0.1) is 0 Å². The minimum Gasteiger partial charge on any atom is -0.384 e. The first-order chi connectivity index (χ1) is 7.54. The van der Waals surface area contributed by atoms with Gasteiger partial charge >= 0.3 is 0 Å². The summed E-state index contributed by atoms with van der Waals surface area (Å²) >= 11 is 0. The molecule has 0 heterocycles. The number of carbonyl (C=O) groups excluding carboxylic acids is 1. The Kier molecular flexibility index (Phi) is 4.31. The Morgan fingerprint density at radius 2 is 2.12 bits per heavy atom. The standard InChI is InChI=1S/C12H19N3O/c1-8(2)7-14-11-5-4-9(3)6-10(11)12(16)15-13/h4-6,8,14H,7,13H2,1-3H3,(H,15,16). The Labute approximate surface area is 96.2 Å². The highest BCUT2D eigenvalue weighted by atomic mass is 16.2. The van der Waals surface area contributed by atoms with Gasteiger partial charge in [-0.25, -0.2) is 5.84 Å². The molecule has 0 saturated carbocycles. The van der Waals surface area contributed by atoms with Gasteiger partial charge in [0.2, 0.25) is 0 Å². The minimum atomic E-state index is -0.269. The molecule has 0 aliphatic heterocycles. The molecule has 0 aromatic heterocycles. The fraction of sp³-hybridized carbons (Fsp3) is 0.417. The first kappa shape index (κ1) is 12.5. The normalized spacial score (nSPS) is 10.3. The Morgan fingerprint density at radius 3 is 2.69 bits per heavy atom. The van der Waals surface area contributed by atoms with Crippen LogP contribution in [0.15, 0.2) is 18.2 Å². The zero-order chi connectivity index (χ0) is 12.1. The average molecular weight is 221 g/mol. The predicted molar refractivity (Wildman–Crippen MR) is 66.2 cm³/mol. The first-order valence-corrected chi connectivity index (χ1v) is 5.40. The SMILES string of the molecule is Cc1ccc(NCC(C)C)c(C(=O)NN)c1. The maximum Gasteiger partial charge on any atom is 0.267 e. The molecule has 88 valence electrons. The maximum atomic E-state index is 11.6. The molecule has 0 atom stereocenters. The monoisotopic (exact) mass is 221 g/mol. The van der Waals surface area contributed by atoms with E-state index in [1.54, 1.807) is 0 Å². The zero-order valence-electron chi connectivity index (χ0n) is 10.0. The Bertz CT molecular complexity index is 375. The summed E-state index contributed by atoms with van der Waals surface area (Å²) < 4.78 is 0. The van der Waals surface area contributed by atoms with Crippen LogP contribution in [0.2, 0.25) is 0 Å². The second kappa shape index (κ2) is 5.51. The van der Waals surface area contributed by atoms with Crippen molar-refractivity contribution >= 4 is 11.6 Å². The second-order valence-electron chi connectivity index (χ2n) is 4.30. The summed E-state index contributed by atoms with van der Waals surface area (Å²) in [6, 6.07) is 5.70. The molecule has 0 aliphatic carbocycles. The number of hydrazine groups is 1. The number of nitrogens with one attached hydrogen (secondary N) is 2. The van der Waals surface area contributed by atoms with Crippen LogP contribution in [0.3, 0.4) is 0 Å². The number of rotatable bonds is 4. The molecule has 0 unspecified atom stereocenters. The Hall–Kier alpha value is -1.55. The lowest BCUT2D eigenvalue weighted by molar-refractivity contribution is 0.0954. The quantitative estimate of drug-likeness (QED) is 0.411. The zero-order valence-corrected chi connectivity index (χ0v) is 10.0. The fourth-order valence-corrected chi connectivity index (χ4v) is 1.39. The minimum absolute atomic E-state index is 0.269. The van der Waals surface area contributed by atoms with Gasteiger partial charge in [0.15, 0.2) is 0 Å². The molecular weight excluding hydrogens is 202 g/mol. The topological polar surface area (TPSA) is 67.2 Å². The molecule has 4 nitrogen and oxygen atoms in total. The van der Waals surface area contributed by atoms with Crippen molar-refractivity contribution in [2.75, 3.05) is 11.9 Å². The van der Waals surface area contributed by atoms with Gasteiger partial charge in [0, 0.05) is 12.2 Å². The van der Waals surface area contributed by atoms with E-state index in [9.17, 15) is 4.79 Å². The summed E-state index contributed by atoms with van der Waals surface area (Å²) in [5.41, 5.74) is 4.60. The van der Waals surface area contributed by atoms with Gasteiger partial charge in [-0.05, 0) is 25.0 Å². The highest BCUT2D eigenvalue weighted by Gasteiger charge is 2.10. The Balaban J connectivity index is 2.93. The van der Waals surface area contributed by atoms with Crippen LogP contribution in [0, 0.1) is 12.8 Å². The molecule has 16 heavy (non-hydrogen) atoms. The van der Waals surface area contributed by atoms with Crippen molar-refractivity contribution in [1.29, 1.82) is 0 Å². The summed E-state index contributed by atoms with van der Waals surface area (Å²) in [5, 5.41) is 3.24. The summed E-state index contributed by atoms with van der Waals surface area (Å²) in [5.74, 6) is 5.41. The van der Waals surface area contributed by atoms with Crippen molar-refractivity contribution < 1.29 is 4.79 Å². The number of nitrogen functional groups attached to an aromatic ring is 1. The molecule has 1 aromatic rings. The number of amides is 1. The van der Waals surface area contributed by atoms with Gasteiger partial charge in [-0.3, -0.25) is 10.2 Å². The van der Waals surface area contributed by atoms with Crippen molar-refractivity contribution in [2.45, 2.75) is 20.8 Å². The van der Waals surface area contributed by atoms with Crippen LogP contribution in [-0.2, 0) is 0 Å². The molecule has 0 aliphatic rings. The van der Waals surface area contributed by atoms with Gasteiger partial charge < -0.3 is 5.32 Å². The number of hydrogen-bond donors (Lipinski definition) is 3. The van der Waals surface area contributed by atoms with Crippen molar-refractivity contribution in [3.05, 3.63) is 29.3 Å². The third kappa shape index (κ3) is 3.24. The van der Waals surface area contributed by atoms with E-state index in [1.807, 2.05) is 25.1 Å². The van der Waals surface area contributed by atoms with Gasteiger partial charge in [-0.1, -0.05) is 25.5 Å². The van der Waals surface area contributed by atoms with Gasteiger partial charge in [0.05, 0.1) is 5.56 Å². The number of hydrogen-bond acceptors (Lipinski definition) is 3. The van der Waals surface area contributed by atoms with Crippen LogP contribution in [0.5, 0.6) is 0 Å². The van der Waals surface area contributed by atoms with Crippen LogP contribution in [0.25, 0.3) is 0 Å². The molecule has 0 saturated heterocycles. The van der Waals surface area contributed by atoms with Crippen molar-refractivity contribution in [1.82, 2.24) is 5.43 Å². The number of benzene rings is 1. The van der Waals surface area contributed by atoms with Gasteiger partial charge in [0.1, 0.15) is 0 Å². The highest BCUT2D eigenvalue weighted by molar-refractivity contribution is 5.99. The highest BCUT2D eigenvalue weighted by Crippen LogP contribution is 2.17. The summed E-state index contributed by atoms with van der Waals surface area (Å²) in [7, 11) is 0. The molecule has 0 spiro atoms. The number of carbonyl (C=O) groups is 1. The summed E-state index contributed by atoms with van der Waals surface area (Å²) in [6.07, 6.45) is 0. The summed E-state index contributed by atoms with van der Waals surface area (Å²) in [6.45, 7) is 7.00. The molecule has 1 aromatic carbocycles.